The predicted octanol–water partition coefficient (Wildman–Crippen LogP) is 3.50. The van der Waals surface area contributed by atoms with Crippen molar-refractivity contribution in [2.75, 3.05) is 18.9 Å². The van der Waals surface area contributed by atoms with Gasteiger partial charge in [-0.3, -0.25) is 0 Å². The first-order valence-electron chi connectivity index (χ1n) is 9.33. The zero-order valence-electron chi connectivity index (χ0n) is 15.0. The highest BCUT2D eigenvalue weighted by atomic mass is 16.5. The van der Waals surface area contributed by atoms with Gasteiger partial charge in [0.1, 0.15) is 12.1 Å². The van der Waals surface area contributed by atoms with Crippen LogP contribution in [0.1, 0.15) is 30.1 Å². The van der Waals surface area contributed by atoms with Crippen molar-refractivity contribution in [3.8, 4) is 0 Å². The summed E-state index contributed by atoms with van der Waals surface area (Å²) < 4.78 is 7.55. The van der Waals surface area contributed by atoms with Gasteiger partial charge in [-0.25, -0.2) is 14.6 Å². The number of aromatic nitrogens is 4. The molecule has 6 nitrogen and oxygen atoms in total. The molecule has 0 unspecified atom stereocenters. The Bertz CT molecular complexity index is 1110. The fraction of sp³-hybridized carbons (Fsp3) is 0.286. The second kappa shape index (κ2) is 6.63. The summed E-state index contributed by atoms with van der Waals surface area (Å²) in [7, 11) is 0. The number of ether oxygens (including phenoxy) is 1. The van der Waals surface area contributed by atoms with E-state index < -0.39 is 0 Å². The Hall–Kier alpha value is -2.99. The van der Waals surface area contributed by atoms with Gasteiger partial charge in [0.05, 0.1) is 17.1 Å². The molecular formula is C21H21N5O. The van der Waals surface area contributed by atoms with Gasteiger partial charge in [0, 0.05) is 19.6 Å². The van der Waals surface area contributed by atoms with Crippen LogP contribution in [-0.2, 0) is 11.2 Å². The molecule has 5 rings (SSSR count). The van der Waals surface area contributed by atoms with Crippen LogP contribution in [0.15, 0.2) is 48.8 Å². The van der Waals surface area contributed by atoms with E-state index in [0.717, 1.165) is 42.8 Å². The van der Waals surface area contributed by atoms with Crippen LogP contribution < -0.4 is 5.73 Å². The van der Waals surface area contributed by atoms with Gasteiger partial charge in [-0.15, -0.1) is 0 Å². The summed E-state index contributed by atoms with van der Waals surface area (Å²) in [4.78, 5) is 8.73. The van der Waals surface area contributed by atoms with Crippen molar-refractivity contribution in [2.24, 2.45) is 0 Å². The van der Waals surface area contributed by atoms with E-state index in [1.54, 1.807) is 0 Å². The first-order chi connectivity index (χ1) is 13.3. The second-order valence-electron chi connectivity index (χ2n) is 7.01. The van der Waals surface area contributed by atoms with Gasteiger partial charge in [0.25, 0.3) is 0 Å². The molecule has 0 aliphatic carbocycles. The third-order valence-electron chi connectivity index (χ3n) is 5.37. The average Bonchev–Trinajstić information content (AvgIpc) is 3.09. The number of nitrogens with zero attached hydrogens (tertiary/aromatic N) is 4. The maximum absolute atomic E-state index is 6.24. The SMILES string of the molecule is Nc1ncnc2c1c(Cc1cccc3ccccc13)nn2C1CCOCC1. The Balaban J connectivity index is 1.64. The molecule has 0 amide bonds. The maximum atomic E-state index is 6.24. The van der Waals surface area contributed by atoms with Crippen LogP contribution in [0.4, 0.5) is 5.82 Å². The minimum absolute atomic E-state index is 0.289. The van der Waals surface area contributed by atoms with E-state index in [4.69, 9.17) is 15.6 Å². The highest BCUT2D eigenvalue weighted by molar-refractivity contribution is 5.90. The number of nitrogen functional groups attached to an aromatic ring is 1. The summed E-state index contributed by atoms with van der Waals surface area (Å²) in [6, 6.07) is 15.1. The smallest absolute Gasteiger partial charge is 0.163 e. The molecule has 0 saturated carbocycles. The third kappa shape index (κ3) is 2.82. The summed E-state index contributed by atoms with van der Waals surface area (Å²) in [5.41, 5.74) is 9.23. The number of hydrogen-bond donors (Lipinski definition) is 1. The fourth-order valence-corrected chi connectivity index (χ4v) is 4.00. The molecular weight excluding hydrogens is 338 g/mol. The summed E-state index contributed by atoms with van der Waals surface area (Å²) in [5.74, 6) is 0.494. The Morgan fingerprint density at radius 2 is 1.85 bits per heavy atom. The number of hydrogen-bond acceptors (Lipinski definition) is 5. The fourth-order valence-electron chi connectivity index (χ4n) is 4.00. The van der Waals surface area contributed by atoms with Crippen molar-refractivity contribution in [3.05, 3.63) is 60.0 Å². The minimum atomic E-state index is 0.289. The van der Waals surface area contributed by atoms with Crippen LogP contribution in [0.3, 0.4) is 0 Å². The number of anilines is 1. The molecule has 27 heavy (non-hydrogen) atoms. The van der Waals surface area contributed by atoms with E-state index in [2.05, 4.69) is 52.4 Å². The second-order valence-corrected chi connectivity index (χ2v) is 7.01. The molecule has 0 spiro atoms. The van der Waals surface area contributed by atoms with Gasteiger partial charge < -0.3 is 10.5 Å². The van der Waals surface area contributed by atoms with Crippen LogP contribution in [-0.4, -0.2) is 33.0 Å². The van der Waals surface area contributed by atoms with Crippen molar-refractivity contribution >= 4 is 27.6 Å². The van der Waals surface area contributed by atoms with Gasteiger partial charge in [0.2, 0.25) is 0 Å². The Kier molecular flexibility index (Phi) is 3.98. The van der Waals surface area contributed by atoms with Gasteiger partial charge in [-0.05, 0) is 29.2 Å². The van der Waals surface area contributed by atoms with Crippen LogP contribution in [0, 0.1) is 0 Å². The monoisotopic (exact) mass is 359 g/mol. The molecule has 4 aromatic rings. The normalized spacial score (nSPS) is 15.6. The number of nitrogens with two attached hydrogens (primary N) is 1. The number of rotatable bonds is 3. The van der Waals surface area contributed by atoms with E-state index in [1.165, 1.54) is 22.7 Å². The third-order valence-corrected chi connectivity index (χ3v) is 5.37. The Morgan fingerprint density at radius 3 is 2.74 bits per heavy atom. The molecule has 1 aliphatic heterocycles. The first kappa shape index (κ1) is 16.2. The highest BCUT2D eigenvalue weighted by Crippen LogP contribution is 2.30. The van der Waals surface area contributed by atoms with E-state index in [-0.39, 0.29) is 6.04 Å². The Labute approximate surface area is 157 Å². The molecule has 2 aromatic heterocycles. The number of benzene rings is 2. The molecule has 0 bridgehead atoms. The van der Waals surface area contributed by atoms with E-state index in [9.17, 15) is 0 Å². The molecule has 0 radical (unpaired) electrons. The molecule has 2 aromatic carbocycles. The van der Waals surface area contributed by atoms with E-state index in [0.29, 0.717) is 12.2 Å². The quantitative estimate of drug-likeness (QED) is 0.606. The van der Waals surface area contributed by atoms with Crippen molar-refractivity contribution < 1.29 is 4.74 Å². The van der Waals surface area contributed by atoms with Crippen LogP contribution in [0.2, 0.25) is 0 Å². The lowest BCUT2D eigenvalue weighted by atomic mass is 10.0. The Morgan fingerprint density at radius 1 is 1.04 bits per heavy atom. The molecule has 1 saturated heterocycles. The predicted molar refractivity (Wildman–Crippen MR) is 106 cm³/mol. The molecule has 6 heteroatoms. The van der Waals surface area contributed by atoms with Gasteiger partial charge in [-0.2, -0.15) is 5.10 Å². The minimum Gasteiger partial charge on any atom is -0.383 e. The van der Waals surface area contributed by atoms with E-state index >= 15 is 0 Å². The lowest BCUT2D eigenvalue weighted by Crippen LogP contribution is -2.20. The average molecular weight is 359 g/mol. The zero-order chi connectivity index (χ0) is 18.2. The first-order valence-corrected chi connectivity index (χ1v) is 9.33. The number of fused-ring (bicyclic) bond motifs is 2. The summed E-state index contributed by atoms with van der Waals surface area (Å²) in [5, 5.41) is 8.30. The standard InChI is InChI=1S/C21H21N5O/c22-20-19-18(12-15-6-3-5-14-4-1-2-7-17(14)15)25-26(21(19)24-13-23-20)16-8-10-27-11-9-16/h1-7,13,16H,8-12H2,(H2,22,23,24). The van der Waals surface area contributed by atoms with Gasteiger partial charge in [0.15, 0.2) is 5.65 Å². The summed E-state index contributed by atoms with van der Waals surface area (Å²) >= 11 is 0. The van der Waals surface area contributed by atoms with Gasteiger partial charge >= 0.3 is 0 Å². The van der Waals surface area contributed by atoms with E-state index in [1.807, 2.05) is 4.68 Å². The van der Waals surface area contributed by atoms with Crippen LogP contribution in [0.25, 0.3) is 21.8 Å². The maximum Gasteiger partial charge on any atom is 0.163 e. The molecule has 2 N–H and O–H groups in total. The zero-order valence-corrected chi connectivity index (χ0v) is 15.0. The lowest BCUT2D eigenvalue weighted by molar-refractivity contribution is 0.0672. The van der Waals surface area contributed by atoms with Crippen LogP contribution >= 0.6 is 0 Å². The molecule has 1 fully saturated rings. The van der Waals surface area contributed by atoms with Gasteiger partial charge in [-0.1, -0.05) is 42.5 Å². The lowest BCUT2D eigenvalue weighted by Gasteiger charge is -2.22. The van der Waals surface area contributed by atoms with Crippen molar-refractivity contribution in [3.63, 3.8) is 0 Å². The largest absolute Gasteiger partial charge is 0.383 e. The molecule has 136 valence electrons. The summed E-state index contributed by atoms with van der Waals surface area (Å²) in [6.45, 7) is 1.51. The van der Waals surface area contributed by atoms with Crippen molar-refractivity contribution in [1.82, 2.24) is 19.7 Å². The van der Waals surface area contributed by atoms with Crippen LogP contribution in [0.5, 0.6) is 0 Å². The topological polar surface area (TPSA) is 78.9 Å². The van der Waals surface area contributed by atoms with Crippen molar-refractivity contribution in [2.45, 2.75) is 25.3 Å². The molecule has 0 atom stereocenters. The highest BCUT2D eigenvalue weighted by Gasteiger charge is 2.23. The molecule has 1 aliphatic rings. The summed E-state index contributed by atoms with van der Waals surface area (Å²) in [6.07, 6.45) is 4.10. The molecule has 3 heterocycles. The van der Waals surface area contributed by atoms with Crippen molar-refractivity contribution in [1.29, 1.82) is 0 Å².